The third-order valence-corrected chi connectivity index (χ3v) is 6.00. The summed E-state index contributed by atoms with van der Waals surface area (Å²) in [6.07, 6.45) is 11.6. The summed E-state index contributed by atoms with van der Waals surface area (Å²) >= 11 is 0. The number of hydrogen-bond acceptors (Lipinski definition) is 4. The number of allylic oxidation sites excluding steroid dienone is 3. The molecule has 3 rings (SSSR count). The SMILES string of the molecule is C#Cc1cccc(C(=O)N2CCCCC2CNC(=O)C2=CC=C(C(=C)N=C(OC)C(C)(F)F)C2)c1. The molecule has 1 heterocycles. The molecule has 1 aliphatic heterocycles. The van der Waals surface area contributed by atoms with E-state index in [1.54, 1.807) is 41.3 Å². The lowest BCUT2D eigenvalue weighted by atomic mass is 10.00. The first-order chi connectivity index (χ1) is 16.6. The van der Waals surface area contributed by atoms with E-state index in [1.807, 2.05) is 0 Å². The van der Waals surface area contributed by atoms with Crippen LogP contribution in [0.1, 0.15) is 48.5 Å². The highest BCUT2D eigenvalue weighted by atomic mass is 19.3. The van der Waals surface area contributed by atoms with Crippen molar-refractivity contribution in [1.82, 2.24) is 10.2 Å². The Morgan fingerprint density at radius 2 is 2.06 bits per heavy atom. The minimum atomic E-state index is -3.24. The molecule has 6 nitrogen and oxygen atoms in total. The first-order valence-corrected chi connectivity index (χ1v) is 11.4. The Morgan fingerprint density at radius 3 is 2.74 bits per heavy atom. The minimum Gasteiger partial charge on any atom is -0.480 e. The van der Waals surface area contributed by atoms with Gasteiger partial charge in [-0.15, -0.1) is 6.42 Å². The molecule has 1 aromatic carbocycles. The summed E-state index contributed by atoms with van der Waals surface area (Å²) in [5.41, 5.74) is 2.30. The first-order valence-electron chi connectivity index (χ1n) is 11.4. The smallest absolute Gasteiger partial charge is 0.319 e. The van der Waals surface area contributed by atoms with E-state index in [2.05, 4.69) is 27.5 Å². The number of hydrogen-bond donors (Lipinski definition) is 1. The van der Waals surface area contributed by atoms with Crippen molar-refractivity contribution in [2.45, 2.75) is 44.6 Å². The number of nitrogens with zero attached hydrogens (tertiary/aromatic N) is 2. The van der Waals surface area contributed by atoms with Crippen LogP contribution in [0, 0.1) is 12.3 Å². The lowest BCUT2D eigenvalue weighted by Gasteiger charge is -2.36. The fourth-order valence-corrected chi connectivity index (χ4v) is 4.11. The van der Waals surface area contributed by atoms with Gasteiger partial charge in [-0.2, -0.15) is 8.78 Å². The molecule has 1 unspecified atom stereocenters. The van der Waals surface area contributed by atoms with Crippen LogP contribution in [0.5, 0.6) is 0 Å². The summed E-state index contributed by atoms with van der Waals surface area (Å²) in [6.45, 7) is 5.33. The number of amides is 2. The number of benzene rings is 1. The van der Waals surface area contributed by atoms with Crippen molar-refractivity contribution in [3.05, 3.63) is 71.0 Å². The van der Waals surface area contributed by atoms with Gasteiger partial charge in [0.1, 0.15) is 0 Å². The van der Waals surface area contributed by atoms with Crippen molar-refractivity contribution >= 4 is 17.7 Å². The Labute approximate surface area is 204 Å². The van der Waals surface area contributed by atoms with Crippen LogP contribution in [0.15, 0.2) is 64.8 Å². The average Bonchev–Trinajstić information content (AvgIpc) is 3.35. The predicted octanol–water partition coefficient (Wildman–Crippen LogP) is 4.25. The summed E-state index contributed by atoms with van der Waals surface area (Å²) in [6, 6.07) is 6.83. The number of carbonyl (C=O) groups excluding carboxylic acids is 2. The number of ether oxygens (including phenoxy) is 1. The van der Waals surface area contributed by atoms with Crippen LogP contribution in [0.3, 0.4) is 0 Å². The number of aliphatic imine (C=N–C) groups is 1. The number of likely N-dealkylation sites (tertiary alicyclic amines) is 1. The molecule has 0 radical (unpaired) electrons. The normalized spacial score (nSPS) is 18.3. The predicted molar refractivity (Wildman–Crippen MR) is 131 cm³/mol. The number of nitrogens with one attached hydrogen (secondary N) is 1. The minimum absolute atomic E-state index is 0.110. The summed E-state index contributed by atoms with van der Waals surface area (Å²) < 4.78 is 31.7. The number of methoxy groups -OCH3 is 1. The second-order valence-corrected chi connectivity index (χ2v) is 8.60. The molecule has 1 fully saturated rings. The number of rotatable bonds is 7. The van der Waals surface area contributed by atoms with E-state index in [1.165, 1.54) is 0 Å². The van der Waals surface area contributed by atoms with Crippen LogP contribution in [-0.2, 0) is 9.53 Å². The first kappa shape index (κ1) is 25.9. The van der Waals surface area contributed by atoms with Gasteiger partial charge in [-0.05, 0) is 43.0 Å². The molecular weight excluding hydrogens is 452 g/mol. The molecule has 35 heavy (non-hydrogen) atoms. The molecule has 1 N–H and O–H groups in total. The molecule has 1 aromatic rings. The van der Waals surface area contributed by atoms with Crippen molar-refractivity contribution in [3.8, 4) is 12.3 Å². The third kappa shape index (κ3) is 6.44. The van der Waals surface area contributed by atoms with Crippen LogP contribution in [0.4, 0.5) is 8.78 Å². The number of piperidine rings is 1. The van der Waals surface area contributed by atoms with Crippen LogP contribution in [0.2, 0.25) is 0 Å². The highest BCUT2D eigenvalue weighted by Gasteiger charge is 2.32. The maximum Gasteiger partial charge on any atom is 0.319 e. The second kappa shape index (κ2) is 11.1. The van der Waals surface area contributed by atoms with Gasteiger partial charge < -0.3 is 15.0 Å². The van der Waals surface area contributed by atoms with Gasteiger partial charge in [0.2, 0.25) is 5.91 Å². The van der Waals surface area contributed by atoms with E-state index in [9.17, 15) is 18.4 Å². The van der Waals surface area contributed by atoms with E-state index in [0.29, 0.717) is 42.3 Å². The van der Waals surface area contributed by atoms with E-state index in [-0.39, 0.29) is 30.0 Å². The highest BCUT2D eigenvalue weighted by molar-refractivity contribution is 5.96. The molecule has 1 saturated heterocycles. The summed E-state index contributed by atoms with van der Waals surface area (Å²) in [5.74, 6) is -1.83. The van der Waals surface area contributed by atoms with Gasteiger partial charge in [-0.25, -0.2) is 4.99 Å². The lowest BCUT2D eigenvalue weighted by molar-refractivity contribution is -0.117. The maximum absolute atomic E-state index is 13.5. The Balaban J connectivity index is 1.59. The zero-order valence-corrected chi connectivity index (χ0v) is 19.9. The fraction of sp³-hybridized carbons (Fsp3) is 0.370. The largest absolute Gasteiger partial charge is 0.480 e. The zero-order valence-electron chi connectivity index (χ0n) is 19.9. The van der Waals surface area contributed by atoms with Crippen molar-refractivity contribution in [3.63, 3.8) is 0 Å². The molecule has 0 aromatic heterocycles. The van der Waals surface area contributed by atoms with Gasteiger partial charge in [0.05, 0.1) is 12.8 Å². The molecule has 1 atom stereocenters. The Morgan fingerprint density at radius 1 is 1.31 bits per heavy atom. The fourth-order valence-electron chi connectivity index (χ4n) is 4.11. The average molecular weight is 482 g/mol. The van der Waals surface area contributed by atoms with E-state index in [0.717, 1.165) is 26.4 Å². The Kier molecular flexibility index (Phi) is 8.23. The summed E-state index contributed by atoms with van der Waals surface area (Å²) in [5, 5.41) is 2.91. The van der Waals surface area contributed by atoms with Crippen LogP contribution in [-0.4, -0.2) is 54.8 Å². The molecule has 1 aliphatic carbocycles. The van der Waals surface area contributed by atoms with Crippen molar-refractivity contribution < 1.29 is 23.1 Å². The van der Waals surface area contributed by atoms with Gasteiger partial charge in [0, 0.05) is 49.2 Å². The molecule has 2 amide bonds. The van der Waals surface area contributed by atoms with Gasteiger partial charge >= 0.3 is 5.92 Å². The topological polar surface area (TPSA) is 71.0 Å². The summed E-state index contributed by atoms with van der Waals surface area (Å²) in [4.78, 5) is 31.5. The standard InChI is InChI=1S/C27H29F2N3O3/c1-5-19-9-8-10-22(15-19)25(34)32-14-7-6-11-23(32)17-30-24(33)21-13-12-20(16-21)18(2)31-26(35-4)27(3,28)29/h1,8-10,12-13,15,23H,2,6-7,11,14,16-17H2,3-4H3,(H,30,33). The number of carbonyl (C=O) groups is 2. The molecular formula is C27H29F2N3O3. The second-order valence-electron chi connectivity index (χ2n) is 8.60. The van der Waals surface area contributed by atoms with Crippen LogP contribution in [0.25, 0.3) is 0 Å². The van der Waals surface area contributed by atoms with Gasteiger partial charge in [0.25, 0.3) is 11.8 Å². The van der Waals surface area contributed by atoms with E-state index < -0.39 is 11.8 Å². The molecule has 0 bridgehead atoms. The van der Waals surface area contributed by atoms with Gasteiger partial charge in [-0.3, -0.25) is 9.59 Å². The highest BCUT2D eigenvalue weighted by Crippen LogP contribution is 2.27. The van der Waals surface area contributed by atoms with Crippen molar-refractivity contribution in [2.75, 3.05) is 20.2 Å². The monoisotopic (exact) mass is 481 g/mol. The van der Waals surface area contributed by atoms with Gasteiger partial charge in [-0.1, -0.05) is 30.7 Å². The van der Waals surface area contributed by atoms with Crippen LogP contribution < -0.4 is 5.32 Å². The van der Waals surface area contributed by atoms with Gasteiger partial charge in [0.15, 0.2) is 0 Å². The molecule has 8 heteroatoms. The van der Waals surface area contributed by atoms with Crippen LogP contribution >= 0.6 is 0 Å². The van der Waals surface area contributed by atoms with E-state index in [4.69, 9.17) is 6.42 Å². The van der Waals surface area contributed by atoms with Crippen molar-refractivity contribution in [2.24, 2.45) is 4.99 Å². The molecule has 184 valence electrons. The van der Waals surface area contributed by atoms with E-state index >= 15 is 0 Å². The quantitative estimate of drug-likeness (QED) is 0.360. The zero-order chi connectivity index (χ0) is 25.6. The Bertz CT molecular complexity index is 1140. The Hall–Kier alpha value is -3.73. The number of alkyl halides is 2. The molecule has 2 aliphatic rings. The third-order valence-electron chi connectivity index (χ3n) is 6.00. The van der Waals surface area contributed by atoms with Crippen molar-refractivity contribution in [1.29, 1.82) is 0 Å². The molecule has 0 saturated carbocycles. The number of halogens is 2. The molecule has 0 spiro atoms. The number of terminal acetylenes is 1. The summed E-state index contributed by atoms with van der Waals surface area (Å²) in [7, 11) is 1.12. The maximum atomic E-state index is 13.5. The lowest BCUT2D eigenvalue weighted by Crippen LogP contribution is -2.49.